The number of rotatable bonds is 2. The molecule has 23 heavy (non-hydrogen) atoms. The zero-order valence-corrected chi connectivity index (χ0v) is 14.3. The average molecular weight is 388 g/mol. The third kappa shape index (κ3) is 3.09. The number of nitrogens with zero attached hydrogens (tertiary/aromatic N) is 1. The quantitative estimate of drug-likeness (QED) is 0.687. The van der Waals surface area contributed by atoms with E-state index in [0.717, 1.165) is 6.20 Å². The summed E-state index contributed by atoms with van der Waals surface area (Å²) >= 11 is 0. The maximum atomic E-state index is 13.5. The topological polar surface area (TPSA) is 59.3 Å². The molecule has 0 saturated carbocycles. The van der Waals surface area contributed by atoms with Gasteiger partial charge in [0, 0.05) is 50.5 Å². The minimum absolute atomic E-state index is 0. The second kappa shape index (κ2) is 6.68. The summed E-state index contributed by atoms with van der Waals surface area (Å²) in [4.78, 5) is 23.3. The number of aromatic carboxylic acids is 1. The molecule has 7 heteroatoms. The van der Waals surface area contributed by atoms with Crippen molar-refractivity contribution in [2.24, 2.45) is 0 Å². The molecule has 0 aliphatic rings. The van der Waals surface area contributed by atoms with Gasteiger partial charge >= 0.3 is 5.97 Å². The number of para-hydroxylation sites is 1. The number of carboxylic acid groups (broad SMARTS) is 1. The van der Waals surface area contributed by atoms with Gasteiger partial charge < -0.3 is 14.5 Å². The fourth-order valence-electron chi connectivity index (χ4n) is 2.13. The van der Waals surface area contributed by atoms with Crippen LogP contribution in [0.2, 0.25) is 0 Å². The van der Waals surface area contributed by atoms with E-state index < -0.39 is 28.6 Å². The second-order valence-corrected chi connectivity index (χ2v) is 4.49. The van der Waals surface area contributed by atoms with E-state index in [1.54, 1.807) is 24.3 Å². The number of aromatic nitrogens is 1. The Morgan fingerprint density at radius 2 is 2.00 bits per heavy atom. The van der Waals surface area contributed by atoms with Gasteiger partial charge in [0.2, 0.25) is 0 Å². The number of benzene rings is 2. The molecule has 0 atom stereocenters. The standard InChI is InChI=1S/C16H7F2NO3.Y/c17-12-6-10-14(7-13(12)18)19(9-4-2-1-3-5-9)8-11(15(10)20)16(21)22;/h1-4,6,8H,(H,21,22);/q-2;. The Hall–Kier alpha value is -1.92. The number of fused-ring (bicyclic) bond motifs is 1. The van der Waals surface area contributed by atoms with Crippen LogP contribution in [0.25, 0.3) is 16.6 Å². The fraction of sp³-hybridized carbons (Fsp3) is 0. The van der Waals surface area contributed by atoms with E-state index >= 15 is 0 Å². The summed E-state index contributed by atoms with van der Waals surface area (Å²) in [5, 5.41) is 8.85. The van der Waals surface area contributed by atoms with Crippen LogP contribution in [0, 0.1) is 23.8 Å². The molecule has 0 unspecified atom stereocenters. The van der Waals surface area contributed by atoms with E-state index in [-0.39, 0.29) is 43.6 Å². The molecular formula is C16H7F2NO3Y-2. The van der Waals surface area contributed by atoms with Crippen LogP contribution in [0.3, 0.4) is 0 Å². The van der Waals surface area contributed by atoms with Gasteiger partial charge in [0.05, 0.1) is 0 Å². The van der Waals surface area contributed by atoms with E-state index in [4.69, 9.17) is 5.11 Å². The van der Waals surface area contributed by atoms with Gasteiger partial charge in [-0.15, -0.1) is 18.2 Å². The van der Waals surface area contributed by atoms with Crippen LogP contribution in [0.5, 0.6) is 0 Å². The van der Waals surface area contributed by atoms with Crippen LogP contribution in [-0.4, -0.2) is 15.6 Å². The maximum Gasteiger partial charge on any atom is 0.340 e. The first-order valence-corrected chi connectivity index (χ1v) is 6.16. The fourth-order valence-corrected chi connectivity index (χ4v) is 2.13. The van der Waals surface area contributed by atoms with Crippen molar-refractivity contribution in [2.45, 2.75) is 0 Å². The van der Waals surface area contributed by atoms with E-state index in [2.05, 4.69) is 12.1 Å². The zero-order chi connectivity index (χ0) is 15.9. The van der Waals surface area contributed by atoms with Gasteiger partial charge in [0.15, 0.2) is 0 Å². The average Bonchev–Trinajstić information content (AvgIpc) is 2.50. The third-order valence-corrected chi connectivity index (χ3v) is 3.13. The Balaban J connectivity index is 0.00000192. The van der Waals surface area contributed by atoms with E-state index in [9.17, 15) is 18.4 Å². The molecule has 1 heterocycles. The molecule has 2 aromatic carbocycles. The van der Waals surface area contributed by atoms with Crippen molar-refractivity contribution in [3.05, 3.63) is 76.1 Å². The Morgan fingerprint density at radius 3 is 2.61 bits per heavy atom. The Morgan fingerprint density at radius 1 is 1.26 bits per heavy atom. The minimum Gasteiger partial charge on any atom is -0.478 e. The molecular weight excluding hydrogens is 381 g/mol. The predicted octanol–water partition coefficient (Wildman–Crippen LogP) is 2.56. The molecule has 0 aliphatic carbocycles. The molecule has 1 N–H and O–H groups in total. The van der Waals surface area contributed by atoms with Gasteiger partial charge in [-0.2, -0.15) is 24.3 Å². The second-order valence-electron chi connectivity index (χ2n) is 4.49. The van der Waals surface area contributed by atoms with Crippen molar-refractivity contribution in [2.75, 3.05) is 0 Å². The monoisotopic (exact) mass is 388 g/mol. The molecule has 0 bridgehead atoms. The zero-order valence-electron chi connectivity index (χ0n) is 11.5. The van der Waals surface area contributed by atoms with E-state index in [1.165, 1.54) is 4.57 Å². The van der Waals surface area contributed by atoms with Crippen molar-refractivity contribution < 1.29 is 51.4 Å². The van der Waals surface area contributed by atoms with Crippen LogP contribution in [0.1, 0.15) is 10.4 Å². The van der Waals surface area contributed by atoms with Crippen molar-refractivity contribution in [3.63, 3.8) is 0 Å². The molecule has 0 spiro atoms. The molecule has 3 rings (SSSR count). The number of carbonyl (C=O) groups is 1. The van der Waals surface area contributed by atoms with Crippen molar-refractivity contribution in [3.8, 4) is 5.69 Å². The van der Waals surface area contributed by atoms with Crippen molar-refractivity contribution in [1.29, 1.82) is 0 Å². The predicted molar refractivity (Wildman–Crippen MR) is 74.1 cm³/mol. The van der Waals surface area contributed by atoms with Gasteiger partial charge in [-0.05, 0) is 0 Å². The third-order valence-electron chi connectivity index (χ3n) is 3.13. The van der Waals surface area contributed by atoms with Crippen LogP contribution < -0.4 is 5.43 Å². The molecule has 1 aromatic heterocycles. The normalized spacial score (nSPS) is 10.3. The van der Waals surface area contributed by atoms with Crippen LogP contribution in [-0.2, 0) is 32.7 Å². The Bertz CT molecular complexity index is 955. The summed E-state index contributed by atoms with van der Waals surface area (Å²) in [6.07, 6.45) is 1.05. The van der Waals surface area contributed by atoms with Crippen LogP contribution in [0.15, 0.2) is 41.3 Å². The summed E-state index contributed by atoms with van der Waals surface area (Å²) in [6, 6.07) is 12.2. The molecule has 0 amide bonds. The van der Waals surface area contributed by atoms with Crippen LogP contribution in [0.4, 0.5) is 8.78 Å². The molecule has 0 saturated heterocycles. The van der Waals surface area contributed by atoms with E-state index in [0.29, 0.717) is 11.8 Å². The first-order chi connectivity index (χ1) is 10.5. The summed E-state index contributed by atoms with van der Waals surface area (Å²) in [5.41, 5.74) is -1.14. The molecule has 0 fully saturated rings. The maximum absolute atomic E-state index is 13.5. The summed E-state index contributed by atoms with van der Waals surface area (Å²) in [6.45, 7) is 0. The molecule has 4 nitrogen and oxygen atoms in total. The largest absolute Gasteiger partial charge is 0.478 e. The number of carboxylic acids is 1. The van der Waals surface area contributed by atoms with E-state index in [1.807, 2.05) is 0 Å². The van der Waals surface area contributed by atoms with Gasteiger partial charge in [-0.25, -0.2) is 9.18 Å². The summed E-state index contributed by atoms with van der Waals surface area (Å²) in [5.74, 6) is -3.98. The number of hydrogen-bond acceptors (Lipinski definition) is 2. The Kier molecular flexibility index (Phi) is 5.07. The smallest absolute Gasteiger partial charge is 0.340 e. The van der Waals surface area contributed by atoms with Gasteiger partial charge in [0.25, 0.3) is 0 Å². The van der Waals surface area contributed by atoms with Crippen molar-refractivity contribution in [1.82, 2.24) is 4.57 Å². The first-order valence-electron chi connectivity index (χ1n) is 6.16. The van der Waals surface area contributed by atoms with Crippen molar-refractivity contribution >= 4 is 16.9 Å². The SMILES string of the molecule is O=C(O)c1cn(-c2[c-]cccc2)c2[c-]c(F)c(F)cc2c1=O.[Y]. The van der Waals surface area contributed by atoms with Crippen LogP contribution >= 0.6 is 0 Å². The molecule has 1 radical (unpaired) electrons. The first kappa shape index (κ1) is 17.4. The number of pyridine rings is 1. The van der Waals surface area contributed by atoms with Gasteiger partial charge in [-0.1, -0.05) is 16.6 Å². The number of hydrogen-bond donors (Lipinski definition) is 1. The minimum atomic E-state index is -1.46. The molecule has 0 aliphatic heterocycles. The summed E-state index contributed by atoms with van der Waals surface area (Å²) < 4.78 is 28.1. The number of halogens is 2. The summed E-state index contributed by atoms with van der Waals surface area (Å²) in [7, 11) is 0. The van der Waals surface area contributed by atoms with Gasteiger partial charge in [-0.3, -0.25) is 4.39 Å². The molecule has 3 aromatic rings. The van der Waals surface area contributed by atoms with Gasteiger partial charge in [0.1, 0.15) is 11.0 Å². The Labute approximate surface area is 154 Å². The molecule has 113 valence electrons.